The number of nitrogens with zero attached hydrogens (tertiary/aromatic N) is 2. The molecule has 3 heterocycles. The van der Waals surface area contributed by atoms with E-state index in [1.165, 1.54) is 0 Å². The van der Waals surface area contributed by atoms with Crippen molar-refractivity contribution in [2.45, 2.75) is 31.5 Å². The number of hydrogen-bond donors (Lipinski definition) is 0. The molecule has 2 atom stereocenters. The number of ether oxygens (including phenoxy) is 2. The minimum atomic E-state index is -0.429. The van der Waals surface area contributed by atoms with Crippen molar-refractivity contribution in [3.05, 3.63) is 59.2 Å². The zero-order valence-corrected chi connectivity index (χ0v) is 15.8. The number of amides is 2. The Labute approximate surface area is 169 Å². The van der Waals surface area contributed by atoms with Crippen LogP contribution in [0.5, 0.6) is 11.5 Å². The highest BCUT2D eigenvalue weighted by atomic mass is 16.5. The van der Waals surface area contributed by atoms with Gasteiger partial charge in [-0.15, -0.1) is 6.42 Å². The van der Waals surface area contributed by atoms with Gasteiger partial charge in [0.1, 0.15) is 17.5 Å². The topological polar surface area (TPSA) is 59.1 Å². The molecular formula is C23H20N2O4. The van der Waals surface area contributed by atoms with Crippen LogP contribution in [0, 0.1) is 12.3 Å². The van der Waals surface area contributed by atoms with Crippen molar-refractivity contribution in [2.24, 2.45) is 0 Å². The van der Waals surface area contributed by atoms with Gasteiger partial charge in [-0.25, -0.2) is 0 Å². The highest BCUT2D eigenvalue weighted by Gasteiger charge is 2.40. The van der Waals surface area contributed by atoms with Gasteiger partial charge in [-0.05, 0) is 24.1 Å². The van der Waals surface area contributed by atoms with Crippen molar-refractivity contribution in [2.75, 3.05) is 13.3 Å². The van der Waals surface area contributed by atoms with Gasteiger partial charge in [-0.3, -0.25) is 14.5 Å². The fourth-order valence-corrected chi connectivity index (χ4v) is 4.18. The number of rotatable bonds is 3. The second-order valence-electron chi connectivity index (χ2n) is 7.48. The SMILES string of the molecule is C#C[C@H](Cc1ccccc1)N1COc2cc3c(cc2C1=O)OC1CCCN1C3=O. The molecule has 1 unspecified atom stereocenters. The van der Waals surface area contributed by atoms with Gasteiger partial charge in [0.2, 0.25) is 0 Å². The van der Waals surface area contributed by atoms with Crippen molar-refractivity contribution in [1.82, 2.24) is 9.80 Å². The first kappa shape index (κ1) is 17.6. The molecule has 6 heteroatoms. The summed E-state index contributed by atoms with van der Waals surface area (Å²) in [5, 5.41) is 0. The Hall–Kier alpha value is -3.46. The third kappa shape index (κ3) is 2.90. The Kier molecular flexibility index (Phi) is 4.17. The van der Waals surface area contributed by atoms with Gasteiger partial charge in [-0.2, -0.15) is 0 Å². The molecule has 0 spiro atoms. The molecule has 0 aromatic heterocycles. The van der Waals surface area contributed by atoms with E-state index >= 15 is 0 Å². The van der Waals surface area contributed by atoms with E-state index < -0.39 is 6.04 Å². The fraction of sp³-hybridized carbons (Fsp3) is 0.304. The summed E-state index contributed by atoms with van der Waals surface area (Å²) in [6, 6.07) is 12.6. The number of terminal acetylenes is 1. The Morgan fingerprint density at radius 2 is 1.86 bits per heavy atom. The molecule has 1 saturated heterocycles. The Balaban J connectivity index is 1.44. The normalized spacial score (nSPS) is 20.7. The lowest BCUT2D eigenvalue weighted by Crippen LogP contribution is -2.47. The highest BCUT2D eigenvalue weighted by molar-refractivity contribution is 6.03. The Bertz CT molecular complexity index is 1030. The number of benzene rings is 2. The second-order valence-corrected chi connectivity index (χ2v) is 7.48. The molecule has 6 nitrogen and oxygen atoms in total. The minimum Gasteiger partial charge on any atom is -0.472 e. The van der Waals surface area contributed by atoms with E-state index in [1.54, 1.807) is 21.9 Å². The van der Waals surface area contributed by atoms with Gasteiger partial charge in [0.05, 0.1) is 11.1 Å². The average molecular weight is 388 g/mol. The molecule has 29 heavy (non-hydrogen) atoms. The molecule has 3 aliphatic heterocycles. The summed E-state index contributed by atoms with van der Waals surface area (Å²) in [4.78, 5) is 29.2. The van der Waals surface area contributed by atoms with Crippen LogP contribution in [0.1, 0.15) is 39.1 Å². The summed E-state index contributed by atoms with van der Waals surface area (Å²) < 4.78 is 11.8. The lowest BCUT2D eigenvalue weighted by atomic mass is 10.0. The van der Waals surface area contributed by atoms with E-state index in [0.29, 0.717) is 35.6 Å². The standard InChI is InChI=1S/C23H20N2O4/c1-2-16(11-15-7-4-3-5-8-15)25-14-28-19-12-18-20(13-17(19)23(25)27)29-21-9-6-10-24(21)22(18)26/h1,3-5,7-8,12-13,16,21H,6,9-11,14H2/t16-,21?/m1/s1. The van der Waals surface area contributed by atoms with Crippen molar-refractivity contribution >= 4 is 11.8 Å². The summed E-state index contributed by atoms with van der Waals surface area (Å²) >= 11 is 0. The van der Waals surface area contributed by atoms with E-state index in [0.717, 1.165) is 18.4 Å². The van der Waals surface area contributed by atoms with E-state index in [2.05, 4.69) is 5.92 Å². The summed E-state index contributed by atoms with van der Waals surface area (Å²) in [6.07, 6.45) is 7.75. The van der Waals surface area contributed by atoms with Crippen LogP contribution in [0.3, 0.4) is 0 Å². The lowest BCUT2D eigenvalue weighted by molar-refractivity contribution is 0.0279. The summed E-state index contributed by atoms with van der Waals surface area (Å²) in [5.41, 5.74) is 1.87. The van der Waals surface area contributed by atoms with Gasteiger partial charge < -0.3 is 14.4 Å². The van der Waals surface area contributed by atoms with Gasteiger partial charge in [0, 0.05) is 19.4 Å². The van der Waals surface area contributed by atoms with Crippen LogP contribution < -0.4 is 9.47 Å². The van der Waals surface area contributed by atoms with Crippen molar-refractivity contribution in [1.29, 1.82) is 0 Å². The predicted octanol–water partition coefficient (Wildman–Crippen LogP) is 2.68. The van der Waals surface area contributed by atoms with Crippen LogP contribution in [0.25, 0.3) is 0 Å². The van der Waals surface area contributed by atoms with E-state index in [4.69, 9.17) is 15.9 Å². The van der Waals surface area contributed by atoms with Crippen molar-refractivity contribution in [3.63, 3.8) is 0 Å². The maximum Gasteiger partial charge on any atom is 0.261 e. The summed E-state index contributed by atoms with van der Waals surface area (Å²) in [6.45, 7) is 0.741. The van der Waals surface area contributed by atoms with Crippen LogP contribution in [0.15, 0.2) is 42.5 Å². The van der Waals surface area contributed by atoms with Gasteiger partial charge in [0.25, 0.3) is 11.8 Å². The first-order chi connectivity index (χ1) is 14.2. The predicted molar refractivity (Wildman–Crippen MR) is 106 cm³/mol. The molecule has 0 N–H and O–H groups in total. The second kappa shape index (κ2) is 6.85. The first-order valence-corrected chi connectivity index (χ1v) is 9.75. The summed E-state index contributed by atoms with van der Waals surface area (Å²) in [7, 11) is 0. The Morgan fingerprint density at radius 1 is 1.10 bits per heavy atom. The zero-order chi connectivity index (χ0) is 20.0. The molecular weight excluding hydrogens is 368 g/mol. The van der Waals surface area contributed by atoms with E-state index in [-0.39, 0.29) is 24.8 Å². The van der Waals surface area contributed by atoms with Crippen LogP contribution in [0.2, 0.25) is 0 Å². The monoisotopic (exact) mass is 388 g/mol. The molecule has 5 rings (SSSR count). The number of carbonyl (C=O) groups is 2. The highest BCUT2D eigenvalue weighted by Crippen LogP contribution is 2.39. The first-order valence-electron chi connectivity index (χ1n) is 9.75. The molecule has 0 bridgehead atoms. The van der Waals surface area contributed by atoms with Gasteiger partial charge >= 0.3 is 0 Å². The molecule has 0 aliphatic carbocycles. The average Bonchev–Trinajstić information content (AvgIpc) is 3.22. The third-order valence-corrected chi connectivity index (χ3v) is 5.72. The molecule has 3 aliphatic rings. The van der Waals surface area contributed by atoms with Crippen molar-refractivity contribution in [3.8, 4) is 23.8 Å². The number of hydrogen-bond acceptors (Lipinski definition) is 4. The number of fused-ring (bicyclic) bond motifs is 3. The van der Waals surface area contributed by atoms with Crippen LogP contribution in [0.4, 0.5) is 0 Å². The maximum absolute atomic E-state index is 13.2. The summed E-state index contributed by atoms with van der Waals surface area (Å²) in [5.74, 6) is 3.27. The zero-order valence-electron chi connectivity index (χ0n) is 15.8. The Morgan fingerprint density at radius 3 is 2.66 bits per heavy atom. The lowest BCUT2D eigenvalue weighted by Gasteiger charge is -2.35. The number of carbonyl (C=O) groups excluding carboxylic acids is 2. The minimum absolute atomic E-state index is 0.0493. The quantitative estimate of drug-likeness (QED) is 0.759. The van der Waals surface area contributed by atoms with Gasteiger partial charge in [-0.1, -0.05) is 36.3 Å². The fourth-order valence-electron chi connectivity index (χ4n) is 4.18. The third-order valence-electron chi connectivity index (χ3n) is 5.72. The molecule has 1 fully saturated rings. The molecule has 0 radical (unpaired) electrons. The molecule has 2 amide bonds. The van der Waals surface area contributed by atoms with Crippen molar-refractivity contribution < 1.29 is 19.1 Å². The van der Waals surface area contributed by atoms with Gasteiger partial charge in [0.15, 0.2) is 13.0 Å². The largest absolute Gasteiger partial charge is 0.472 e. The molecule has 2 aromatic rings. The van der Waals surface area contributed by atoms with E-state index in [9.17, 15) is 9.59 Å². The molecule has 0 saturated carbocycles. The van der Waals surface area contributed by atoms with Crippen LogP contribution in [-0.2, 0) is 6.42 Å². The molecule has 146 valence electrons. The maximum atomic E-state index is 13.2. The van der Waals surface area contributed by atoms with E-state index in [1.807, 2.05) is 30.3 Å². The van der Waals surface area contributed by atoms with Crippen LogP contribution >= 0.6 is 0 Å². The smallest absolute Gasteiger partial charge is 0.261 e. The van der Waals surface area contributed by atoms with Crippen LogP contribution in [-0.4, -0.2) is 47.2 Å². The molecule has 2 aromatic carbocycles.